The summed E-state index contributed by atoms with van der Waals surface area (Å²) in [5.74, 6) is -0.372. The largest absolute Gasteiger partial charge is 0.417 e. The lowest BCUT2D eigenvalue weighted by molar-refractivity contribution is -0.137. The molecule has 6 rings (SSSR count). The molecule has 1 aliphatic rings. The number of aromatic nitrogens is 2. The minimum atomic E-state index is -4.83. The molecule has 1 amide bonds. The first kappa shape index (κ1) is 30.5. The van der Waals surface area contributed by atoms with Crippen molar-refractivity contribution >= 4 is 37.0 Å². The summed E-state index contributed by atoms with van der Waals surface area (Å²) in [6, 6.07) is 23.0. The second kappa shape index (κ2) is 11.4. The monoisotopic (exact) mass is 654 g/mol. The fourth-order valence-corrected chi connectivity index (χ4v) is 7.99. The molecule has 1 unspecified atom stereocenters. The van der Waals surface area contributed by atoms with Crippen molar-refractivity contribution in [3.05, 3.63) is 120 Å². The molecule has 45 heavy (non-hydrogen) atoms. The zero-order valence-electron chi connectivity index (χ0n) is 23.2. The highest BCUT2D eigenvalue weighted by molar-refractivity contribution is 7.90. The zero-order chi connectivity index (χ0) is 32.0. The van der Waals surface area contributed by atoms with Crippen LogP contribution in [0.2, 0.25) is 0 Å². The molecular weight excluding hydrogens is 629 g/mol. The van der Waals surface area contributed by atoms with Crippen LogP contribution >= 0.6 is 0 Å². The lowest BCUT2D eigenvalue weighted by atomic mass is 9.99. The normalized spacial score (nSPS) is 17.3. The van der Waals surface area contributed by atoms with E-state index in [0.29, 0.717) is 28.2 Å². The molecule has 4 aromatic carbocycles. The number of rotatable bonds is 8. The SMILES string of the molecule is O=C1CC(c2ccc(C[C@H](NS(=O)(=O)c3ccc(-c4ccccc4)c(C(F)(F)F)c3)c3nc4ccccc4[nH]3)cc2)S(=O)(=O)N1. The Morgan fingerprint density at radius 1 is 0.933 bits per heavy atom. The summed E-state index contributed by atoms with van der Waals surface area (Å²) >= 11 is 0. The Labute approximate surface area is 256 Å². The summed E-state index contributed by atoms with van der Waals surface area (Å²) in [5.41, 5.74) is 1.19. The third-order valence-electron chi connectivity index (χ3n) is 7.52. The Hall–Kier alpha value is -4.53. The Kier molecular flexibility index (Phi) is 7.75. The van der Waals surface area contributed by atoms with Crippen molar-refractivity contribution in [2.45, 2.75) is 35.2 Å². The van der Waals surface area contributed by atoms with Gasteiger partial charge in [0.05, 0.1) is 34.0 Å². The van der Waals surface area contributed by atoms with E-state index in [0.717, 1.165) is 12.1 Å². The van der Waals surface area contributed by atoms with E-state index in [4.69, 9.17) is 0 Å². The van der Waals surface area contributed by atoms with Crippen molar-refractivity contribution in [2.24, 2.45) is 0 Å². The van der Waals surface area contributed by atoms with Crippen LogP contribution in [-0.2, 0) is 37.4 Å². The van der Waals surface area contributed by atoms with Crippen LogP contribution < -0.4 is 9.44 Å². The molecule has 1 fully saturated rings. The van der Waals surface area contributed by atoms with Crippen molar-refractivity contribution < 1.29 is 34.8 Å². The average Bonchev–Trinajstić information content (AvgIpc) is 3.56. The van der Waals surface area contributed by atoms with Gasteiger partial charge in [0, 0.05) is 0 Å². The summed E-state index contributed by atoms with van der Waals surface area (Å²) < 4.78 is 98.9. The summed E-state index contributed by atoms with van der Waals surface area (Å²) in [5, 5.41) is -1.05. The number of alkyl halides is 3. The lowest BCUT2D eigenvalue weighted by Gasteiger charge is -2.19. The molecule has 0 bridgehead atoms. The Morgan fingerprint density at radius 2 is 1.62 bits per heavy atom. The van der Waals surface area contributed by atoms with Crippen molar-refractivity contribution in [3.8, 4) is 11.1 Å². The minimum Gasteiger partial charge on any atom is -0.341 e. The third-order valence-corrected chi connectivity index (χ3v) is 10.7. The van der Waals surface area contributed by atoms with Crippen LogP contribution in [0.5, 0.6) is 0 Å². The lowest BCUT2D eigenvalue weighted by Crippen LogP contribution is -2.31. The molecule has 14 heteroatoms. The third kappa shape index (κ3) is 6.34. The fraction of sp³-hybridized carbons (Fsp3) is 0.161. The van der Waals surface area contributed by atoms with Gasteiger partial charge in [-0.15, -0.1) is 0 Å². The van der Waals surface area contributed by atoms with E-state index < -0.39 is 53.9 Å². The van der Waals surface area contributed by atoms with Gasteiger partial charge >= 0.3 is 6.18 Å². The number of hydrogen-bond acceptors (Lipinski definition) is 6. The molecule has 0 radical (unpaired) electrons. The van der Waals surface area contributed by atoms with Crippen LogP contribution in [0.3, 0.4) is 0 Å². The van der Waals surface area contributed by atoms with E-state index in [9.17, 15) is 34.8 Å². The molecule has 1 aromatic heterocycles. The van der Waals surface area contributed by atoms with E-state index in [1.165, 1.54) is 12.1 Å². The van der Waals surface area contributed by atoms with Gasteiger partial charge in [-0.1, -0.05) is 72.8 Å². The fourth-order valence-electron chi connectivity index (χ4n) is 5.33. The van der Waals surface area contributed by atoms with E-state index in [-0.39, 0.29) is 29.8 Å². The maximum absolute atomic E-state index is 14.2. The highest BCUT2D eigenvalue weighted by Crippen LogP contribution is 2.39. The summed E-state index contributed by atoms with van der Waals surface area (Å²) in [6.45, 7) is 0. The number of benzene rings is 4. The minimum absolute atomic E-state index is 0.0160. The molecule has 0 spiro atoms. The number of nitrogens with zero attached hydrogens (tertiary/aromatic N) is 1. The van der Waals surface area contributed by atoms with Crippen LogP contribution in [0.25, 0.3) is 22.2 Å². The van der Waals surface area contributed by atoms with Crippen molar-refractivity contribution in [1.82, 2.24) is 19.4 Å². The van der Waals surface area contributed by atoms with Gasteiger partial charge in [0.15, 0.2) is 0 Å². The van der Waals surface area contributed by atoms with Crippen molar-refractivity contribution in [1.29, 1.82) is 0 Å². The van der Waals surface area contributed by atoms with E-state index in [2.05, 4.69) is 14.7 Å². The van der Waals surface area contributed by atoms with Gasteiger partial charge in [-0.3, -0.25) is 9.52 Å². The number of hydrogen-bond donors (Lipinski definition) is 3. The molecule has 2 heterocycles. The second-order valence-corrected chi connectivity index (χ2v) is 14.2. The first-order valence-electron chi connectivity index (χ1n) is 13.7. The Balaban J connectivity index is 1.35. The first-order valence-corrected chi connectivity index (χ1v) is 16.7. The van der Waals surface area contributed by atoms with Crippen molar-refractivity contribution in [2.75, 3.05) is 0 Å². The van der Waals surface area contributed by atoms with Gasteiger partial charge in [-0.2, -0.15) is 13.2 Å². The molecular formula is C31H25F3N4O5S2. The van der Waals surface area contributed by atoms with E-state index in [1.807, 2.05) is 4.72 Å². The summed E-state index contributed by atoms with van der Waals surface area (Å²) in [6.07, 6.45) is -5.03. The number of para-hydroxylation sites is 2. The quantitative estimate of drug-likeness (QED) is 0.205. The topological polar surface area (TPSA) is 138 Å². The van der Waals surface area contributed by atoms with Crippen molar-refractivity contribution in [3.63, 3.8) is 0 Å². The van der Waals surface area contributed by atoms with Gasteiger partial charge < -0.3 is 4.98 Å². The molecule has 5 aromatic rings. The molecule has 0 aliphatic carbocycles. The number of fused-ring (bicyclic) bond motifs is 1. The molecule has 1 saturated heterocycles. The zero-order valence-corrected chi connectivity index (χ0v) is 24.9. The van der Waals surface area contributed by atoms with Gasteiger partial charge in [0.1, 0.15) is 11.1 Å². The van der Waals surface area contributed by atoms with Crippen LogP contribution in [0.15, 0.2) is 102 Å². The number of H-pyrrole nitrogens is 1. The van der Waals surface area contributed by atoms with Gasteiger partial charge in [0.2, 0.25) is 26.0 Å². The molecule has 0 saturated carbocycles. The van der Waals surface area contributed by atoms with Crippen LogP contribution in [0.1, 0.15) is 40.2 Å². The number of halogens is 3. The molecule has 3 N–H and O–H groups in total. The van der Waals surface area contributed by atoms with Gasteiger partial charge in [0.25, 0.3) is 0 Å². The van der Waals surface area contributed by atoms with Crippen LogP contribution in [-0.4, -0.2) is 32.7 Å². The Morgan fingerprint density at radius 3 is 2.27 bits per heavy atom. The number of carbonyl (C=O) groups is 1. The summed E-state index contributed by atoms with van der Waals surface area (Å²) in [4.78, 5) is 18.7. The maximum atomic E-state index is 14.2. The first-order chi connectivity index (χ1) is 21.3. The molecule has 9 nitrogen and oxygen atoms in total. The second-order valence-electron chi connectivity index (χ2n) is 10.6. The molecule has 232 valence electrons. The number of aromatic amines is 1. The highest BCUT2D eigenvalue weighted by Gasteiger charge is 2.38. The average molecular weight is 655 g/mol. The van der Waals surface area contributed by atoms with Crippen LogP contribution in [0, 0.1) is 0 Å². The number of imidazole rings is 1. The number of carbonyl (C=O) groups excluding carboxylic acids is 1. The Bertz CT molecular complexity index is 2080. The van der Waals surface area contributed by atoms with Crippen LogP contribution in [0.4, 0.5) is 13.2 Å². The smallest absolute Gasteiger partial charge is 0.341 e. The number of amides is 1. The predicted octanol–water partition coefficient (Wildman–Crippen LogP) is 5.40. The van der Waals surface area contributed by atoms with E-state index >= 15 is 0 Å². The molecule has 1 aliphatic heterocycles. The van der Waals surface area contributed by atoms with Gasteiger partial charge in [-0.25, -0.2) is 26.5 Å². The highest BCUT2D eigenvalue weighted by atomic mass is 32.2. The summed E-state index contributed by atoms with van der Waals surface area (Å²) in [7, 11) is -8.38. The van der Waals surface area contributed by atoms with Gasteiger partial charge in [-0.05, 0) is 52.9 Å². The number of sulfonamides is 2. The molecule has 2 atom stereocenters. The predicted molar refractivity (Wildman–Crippen MR) is 161 cm³/mol. The maximum Gasteiger partial charge on any atom is 0.417 e. The number of nitrogens with one attached hydrogen (secondary N) is 3. The van der Waals surface area contributed by atoms with E-state index in [1.54, 1.807) is 66.7 Å². The standard InChI is InChI=1S/C31H25F3N4O5S2/c32-31(33,34)24-17-22(14-15-23(24)20-6-2-1-3-7-20)44(40,41)37-27(30-35-25-8-4-5-9-26(25)36-30)16-19-10-12-21(13-11-19)28-18-29(39)38-45(28,42)43/h1-15,17,27-28,37H,16,18H2,(H,35,36)(H,38,39)/t27-,28?/m0/s1.